The number of ether oxygens (including phenoxy) is 7. The molecule has 19 saturated carbocycles. The minimum atomic E-state index is -0.522. The zero-order chi connectivity index (χ0) is 104. The van der Waals surface area contributed by atoms with Crippen molar-refractivity contribution >= 4 is 47.8 Å². The molecular weight excluding hydrogens is 1810 g/mol. The molecule has 4 aliphatic heterocycles. The van der Waals surface area contributed by atoms with Crippen molar-refractivity contribution in [3.8, 4) is 0 Å². The van der Waals surface area contributed by atoms with Crippen molar-refractivity contribution in [2.24, 2.45) is 272 Å². The van der Waals surface area contributed by atoms with Crippen LogP contribution < -0.4 is 0 Å². The lowest BCUT2D eigenvalue weighted by Crippen LogP contribution is -2.39. The van der Waals surface area contributed by atoms with E-state index in [1.165, 1.54) is 167 Å². The van der Waals surface area contributed by atoms with Gasteiger partial charge in [0.1, 0.15) is 16.8 Å². The van der Waals surface area contributed by atoms with Crippen LogP contribution in [0.1, 0.15) is 422 Å². The third kappa shape index (κ3) is 21.5. The van der Waals surface area contributed by atoms with E-state index in [1.54, 1.807) is 0 Å². The predicted octanol–water partition coefficient (Wildman–Crippen LogP) is 28.7. The zero-order valence-corrected chi connectivity index (χ0v) is 95.2. The van der Waals surface area contributed by atoms with Crippen LogP contribution in [0.3, 0.4) is 0 Å². The second-order valence-corrected chi connectivity index (χ2v) is 54.4. The molecule has 0 amide bonds. The van der Waals surface area contributed by atoms with Crippen LogP contribution in [0, 0.1) is 272 Å². The summed E-state index contributed by atoms with van der Waals surface area (Å²) in [7, 11) is 0. The summed E-state index contributed by atoms with van der Waals surface area (Å²) in [5.41, 5.74) is -0.710. The predicted molar refractivity (Wildman–Crippen MR) is 569 cm³/mol. The van der Waals surface area contributed by atoms with Gasteiger partial charge in [0.05, 0.1) is 85.0 Å². The van der Waals surface area contributed by atoms with E-state index in [2.05, 4.69) is 138 Å². The molecule has 18 nitrogen and oxygen atoms in total. The van der Waals surface area contributed by atoms with E-state index in [-0.39, 0.29) is 118 Å². The van der Waals surface area contributed by atoms with E-state index in [4.69, 9.17) is 33.2 Å². The van der Waals surface area contributed by atoms with Gasteiger partial charge in [0, 0.05) is 11.8 Å². The molecule has 0 spiro atoms. The maximum absolute atomic E-state index is 13.1. The highest BCUT2D eigenvalue weighted by Gasteiger charge is 2.69. The van der Waals surface area contributed by atoms with Crippen LogP contribution in [0.2, 0.25) is 0 Å². The Labute approximate surface area is 878 Å². The topological polar surface area (TPSA) is 262 Å². The molecule has 4 saturated heterocycles. The van der Waals surface area contributed by atoms with Crippen LogP contribution in [0.5, 0.6) is 0 Å². The number of carbonyl (C=O) groups excluding carboxylic acids is 5. The second kappa shape index (κ2) is 47.6. The fraction of sp³-hybridized carbons (Fsp3) is 0.937. The lowest BCUT2D eigenvalue weighted by atomic mass is 9.70. The van der Waals surface area contributed by atoms with E-state index in [9.17, 15) is 53.7 Å². The molecule has 50 unspecified atom stereocenters. The Balaban J connectivity index is 0.000000120. The Morgan fingerprint density at radius 2 is 0.510 bits per heavy atom. The van der Waals surface area contributed by atoms with Crippen molar-refractivity contribution in [1.29, 1.82) is 0 Å². The van der Waals surface area contributed by atoms with E-state index in [1.807, 2.05) is 20.8 Å². The first-order chi connectivity index (χ1) is 69.5. The van der Waals surface area contributed by atoms with Crippen molar-refractivity contribution in [3.05, 3.63) is 0 Å². The van der Waals surface area contributed by atoms with Gasteiger partial charge in [0.2, 0.25) is 0 Å². The number of esters is 5. The molecule has 19 aliphatic carbocycles. The average Bonchev–Trinajstić information content (AvgIpc) is 1.59. The Hall–Kier alpha value is -4.32. The largest absolute Gasteiger partial charge is 0.481 e. The molecule has 824 valence electrons. The molecule has 3 N–H and O–H groups in total. The summed E-state index contributed by atoms with van der Waals surface area (Å²) in [5.74, 6) is 28.8. The molecule has 0 aromatic heterocycles. The number of hydrogen-bond acceptors (Lipinski definition) is 15. The van der Waals surface area contributed by atoms with Crippen LogP contribution in [-0.4, -0.2) is 118 Å². The van der Waals surface area contributed by atoms with Crippen molar-refractivity contribution in [2.45, 2.75) is 464 Å². The molecule has 12 bridgehead atoms. The average molecular weight is 2020 g/mol. The number of carboxylic acid groups (broad SMARTS) is 3. The molecule has 18 heteroatoms. The Morgan fingerprint density at radius 3 is 0.731 bits per heavy atom. The van der Waals surface area contributed by atoms with Gasteiger partial charge in [-0.15, -0.1) is 0 Å². The van der Waals surface area contributed by atoms with Gasteiger partial charge in [-0.3, -0.25) is 38.4 Å². The SMILES string of the molecule is CCC1CC(CC)C2C3CC(CC3C(=O)O)C12.CCC1CC(CC)C2C3CC(CC3C(=O)O)C12.CCC1CC(CC)C2C3CC(CC3C(=O)O)C12.CCC1CC(CC)C2C3CC(CC3C(=O)OC(C)(C)C)C12.CCC1CC(CC)C2C3CC(CC3C(=O)OC(C)(CC)CC)C12.CCC1CC(CC)C2C3CC(CC3C(=O)OC3(CC)CCCC3)C12.CCC1OC(CC)C2C(=O)OCC12.CCC1OC(CC)C2C(=O)OCC12. The van der Waals surface area contributed by atoms with Crippen molar-refractivity contribution < 1.29 is 86.8 Å². The van der Waals surface area contributed by atoms with Crippen molar-refractivity contribution in [1.82, 2.24) is 0 Å². The number of aliphatic carboxylic acids is 3. The van der Waals surface area contributed by atoms with Gasteiger partial charge in [-0.2, -0.15) is 0 Å². The second-order valence-electron chi connectivity index (χ2n) is 54.4. The van der Waals surface area contributed by atoms with Crippen LogP contribution in [0.15, 0.2) is 0 Å². The van der Waals surface area contributed by atoms with Crippen LogP contribution >= 0.6 is 0 Å². The van der Waals surface area contributed by atoms with Gasteiger partial charge in [-0.25, -0.2) is 0 Å². The molecule has 0 aromatic rings. The van der Waals surface area contributed by atoms with Crippen LogP contribution in [-0.2, 0) is 71.5 Å². The minimum absolute atomic E-state index is 0.00842. The van der Waals surface area contributed by atoms with Gasteiger partial charge < -0.3 is 48.5 Å². The molecular formula is C127H208O18. The number of fused-ring (bicyclic) bond motifs is 32. The first-order valence-electron chi connectivity index (χ1n) is 62.5. The van der Waals surface area contributed by atoms with Crippen molar-refractivity contribution in [2.75, 3.05) is 13.2 Å². The van der Waals surface area contributed by atoms with E-state index >= 15 is 0 Å². The summed E-state index contributed by atoms with van der Waals surface area (Å²) in [6.45, 7) is 52.0. The standard InChI is InChI=1S/C22H36O2.C21H36O2.C19H32O2.3C15H24O2.2C10H16O3/c1-4-14-11-15(5-2)20-17-12-16(19(14)20)13-18(17)21(23)24-22(6-3)9-7-8-10-22;1-6-13-10-14(7-2)19-16-11-15(18(13)19)12-17(16)20(22)23-21(5,8-3)9-4;1-6-11-8-12(7-2)17-14-9-13(16(11)17)10-15(14)18(20)21-19(3,4)5;3*1-3-8-5-9(4-2)14-11-6-10(13(8)14)7-12(11)15(16)17;2*1-3-7-6-5-12-10(11)9(6)8(4-2)13-7/h14-20H,4-13H2,1-3H3;13-19H,6-12H2,1-5H3;11-17H,6-10H2,1-5H3;3*8-14H,3-7H2,1-2H3,(H,16,17);2*6-9H,3-5H2,1-2H3. The number of carboxylic acids is 3. The highest BCUT2D eigenvalue weighted by Crippen LogP contribution is 2.73. The number of hydrogen-bond donors (Lipinski definition) is 3. The normalized spacial score (nSPS) is 46.7. The number of cyclic esters (lactones) is 2. The van der Waals surface area contributed by atoms with Crippen molar-refractivity contribution in [3.63, 3.8) is 0 Å². The van der Waals surface area contributed by atoms with E-state index < -0.39 is 17.9 Å². The molecule has 0 aromatic carbocycles. The summed E-state index contributed by atoms with van der Waals surface area (Å²) in [5, 5.41) is 28.0. The van der Waals surface area contributed by atoms with Crippen LogP contribution in [0.4, 0.5) is 0 Å². The fourth-order valence-electron chi connectivity index (χ4n) is 41.9. The van der Waals surface area contributed by atoms with Gasteiger partial charge in [0.25, 0.3) is 0 Å². The van der Waals surface area contributed by atoms with Gasteiger partial charge in [-0.05, 0) is 427 Å². The lowest BCUT2D eigenvalue weighted by molar-refractivity contribution is -0.169. The highest BCUT2D eigenvalue weighted by atomic mass is 16.6. The third-order valence-corrected chi connectivity index (χ3v) is 48.2. The zero-order valence-electron chi connectivity index (χ0n) is 95.2. The smallest absolute Gasteiger partial charge is 0.312 e. The summed E-state index contributed by atoms with van der Waals surface area (Å²) in [6, 6.07) is 0. The molecule has 23 fully saturated rings. The minimum Gasteiger partial charge on any atom is -0.481 e. The van der Waals surface area contributed by atoms with Gasteiger partial charge in [-0.1, -0.05) is 209 Å². The first-order valence-corrected chi connectivity index (χ1v) is 62.5. The monoisotopic (exact) mass is 2020 g/mol. The molecule has 4 heterocycles. The number of carbonyl (C=O) groups is 8. The van der Waals surface area contributed by atoms with Crippen LogP contribution in [0.25, 0.3) is 0 Å². The van der Waals surface area contributed by atoms with Gasteiger partial charge in [0.15, 0.2) is 0 Å². The molecule has 23 aliphatic rings. The quantitative estimate of drug-likeness (QED) is 0.0510. The number of rotatable bonds is 27. The molecule has 0 radical (unpaired) electrons. The van der Waals surface area contributed by atoms with Gasteiger partial charge >= 0.3 is 47.8 Å². The third-order valence-electron chi connectivity index (χ3n) is 48.2. The lowest BCUT2D eigenvalue weighted by Gasteiger charge is -2.37. The molecule has 23 rings (SSSR count). The van der Waals surface area contributed by atoms with E-state index in [0.29, 0.717) is 60.6 Å². The maximum Gasteiger partial charge on any atom is 0.312 e. The molecule has 50 atom stereocenters. The Bertz CT molecular complexity index is 4110. The maximum atomic E-state index is 13.1. The summed E-state index contributed by atoms with van der Waals surface area (Å²) < 4.78 is 39.6. The fourth-order valence-corrected chi connectivity index (χ4v) is 41.9. The Kier molecular flexibility index (Phi) is 37.1. The van der Waals surface area contributed by atoms with E-state index in [0.717, 1.165) is 274 Å². The Morgan fingerprint density at radius 1 is 0.283 bits per heavy atom. The first kappa shape index (κ1) is 113. The summed E-state index contributed by atoms with van der Waals surface area (Å²) in [6.07, 6.45) is 49.8. The highest BCUT2D eigenvalue weighted by molar-refractivity contribution is 5.78. The molecule has 145 heavy (non-hydrogen) atoms. The summed E-state index contributed by atoms with van der Waals surface area (Å²) in [4.78, 5) is 95.3. The summed E-state index contributed by atoms with van der Waals surface area (Å²) >= 11 is 0.